The van der Waals surface area contributed by atoms with Gasteiger partial charge in [-0.05, 0) is 32.1 Å². The lowest BCUT2D eigenvalue weighted by Crippen LogP contribution is -2.65. The van der Waals surface area contributed by atoms with Gasteiger partial charge in [-0.2, -0.15) is 0 Å². The van der Waals surface area contributed by atoms with Gasteiger partial charge in [0.1, 0.15) is 48.8 Å². The zero-order valence-electron chi connectivity index (χ0n) is 28.7. The molecule has 9 N–H and O–H groups in total. The molecule has 14 nitrogen and oxygen atoms in total. The van der Waals surface area contributed by atoms with E-state index in [1.165, 1.54) is 12.8 Å². The molecule has 282 valence electrons. The van der Waals surface area contributed by atoms with Crippen molar-refractivity contribution in [2.45, 2.75) is 177 Å². The molecule has 2 saturated heterocycles. The number of allylic oxidation sites excluding steroid dienone is 2. The van der Waals surface area contributed by atoms with Gasteiger partial charge in [0.05, 0.1) is 32.0 Å². The van der Waals surface area contributed by atoms with Crippen LogP contribution in [-0.2, 0) is 23.7 Å². The molecule has 2 heterocycles. The van der Waals surface area contributed by atoms with E-state index in [0.717, 1.165) is 57.8 Å². The number of unbranched alkanes of at least 4 members (excludes halogenated alkanes) is 9. The summed E-state index contributed by atoms with van der Waals surface area (Å²) in [4.78, 5) is 12.8. The van der Waals surface area contributed by atoms with E-state index in [-0.39, 0.29) is 12.5 Å². The number of rotatable bonds is 24. The number of amides is 1. The Morgan fingerprint density at radius 3 is 2.00 bits per heavy atom. The van der Waals surface area contributed by atoms with E-state index in [2.05, 4.69) is 24.4 Å². The van der Waals surface area contributed by atoms with E-state index in [1.54, 1.807) is 0 Å². The minimum Gasteiger partial charge on any atom is -0.394 e. The molecule has 0 spiro atoms. The number of carbonyl (C=O) groups excluding carboxylic acids is 1. The Hall–Kier alpha value is -1.27. The summed E-state index contributed by atoms with van der Waals surface area (Å²) in [6.45, 7) is 2.56. The predicted octanol–water partition coefficient (Wildman–Crippen LogP) is 0.530. The van der Waals surface area contributed by atoms with Gasteiger partial charge >= 0.3 is 0 Å². The van der Waals surface area contributed by atoms with Crippen LogP contribution in [0, 0.1) is 0 Å². The molecular weight excluding hydrogens is 630 g/mol. The normalized spacial score (nSPS) is 32.4. The molecule has 2 fully saturated rings. The molecular formula is C34H63NO13. The molecule has 0 aromatic heterocycles. The van der Waals surface area contributed by atoms with Gasteiger partial charge in [0.15, 0.2) is 12.6 Å². The SMILES string of the molecule is CCCC/C=C\CCCCCCCC(=O)NC(COC1OC(CO)C(OC2OC(CO)C(O)C(O)C2O)C(O)C1O)C(O)CCCCC. The number of ether oxygens (including phenoxy) is 4. The Bertz CT molecular complexity index is 878. The number of carbonyl (C=O) groups is 1. The molecule has 0 aromatic carbocycles. The van der Waals surface area contributed by atoms with Gasteiger partial charge in [0, 0.05) is 6.42 Å². The van der Waals surface area contributed by atoms with Gasteiger partial charge < -0.3 is 65.1 Å². The third kappa shape index (κ3) is 14.2. The van der Waals surface area contributed by atoms with Gasteiger partial charge in [0.25, 0.3) is 0 Å². The highest BCUT2D eigenvalue weighted by Crippen LogP contribution is 2.29. The van der Waals surface area contributed by atoms with Crippen LogP contribution in [0.5, 0.6) is 0 Å². The fourth-order valence-corrected chi connectivity index (χ4v) is 5.86. The van der Waals surface area contributed by atoms with Crippen LogP contribution in [0.1, 0.15) is 104 Å². The maximum atomic E-state index is 12.8. The van der Waals surface area contributed by atoms with Crippen molar-refractivity contribution in [2.24, 2.45) is 0 Å². The first-order valence-electron chi connectivity index (χ1n) is 17.9. The third-order valence-corrected chi connectivity index (χ3v) is 8.98. The maximum absolute atomic E-state index is 12.8. The van der Waals surface area contributed by atoms with Gasteiger partial charge in [-0.1, -0.05) is 77.4 Å². The average molecular weight is 694 g/mol. The molecule has 12 atom stereocenters. The Morgan fingerprint density at radius 2 is 1.33 bits per heavy atom. The van der Waals surface area contributed by atoms with Crippen molar-refractivity contribution >= 4 is 5.91 Å². The fourth-order valence-electron chi connectivity index (χ4n) is 5.86. The summed E-state index contributed by atoms with van der Waals surface area (Å²) in [5.41, 5.74) is 0. The van der Waals surface area contributed by atoms with Crippen molar-refractivity contribution < 1.29 is 64.6 Å². The van der Waals surface area contributed by atoms with Gasteiger partial charge in [-0.25, -0.2) is 0 Å². The second kappa shape index (κ2) is 24.0. The Balaban J connectivity index is 1.90. The lowest BCUT2D eigenvalue weighted by atomic mass is 9.97. The molecule has 0 radical (unpaired) electrons. The number of aliphatic hydroxyl groups excluding tert-OH is 8. The van der Waals surface area contributed by atoms with Crippen LogP contribution in [0.4, 0.5) is 0 Å². The first kappa shape index (κ1) is 42.9. The molecule has 12 unspecified atom stereocenters. The summed E-state index contributed by atoms with van der Waals surface area (Å²) in [5, 5.41) is 85.3. The summed E-state index contributed by atoms with van der Waals surface area (Å²) in [6, 6.07) is -0.822. The van der Waals surface area contributed by atoms with E-state index in [1.807, 2.05) is 6.92 Å². The van der Waals surface area contributed by atoms with Crippen molar-refractivity contribution in [3.05, 3.63) is 12.2 Å². The molecule has 1 amide bonds. The van der Waals surface area contributed by atoms with E-state index < -0.39 is 86.8 Å². The van der Waals surface area contributed by atoms with E-state index in [0.29, 0.717) is 19.3 Å². The molecule has 48 heavy (non-hydrogen) atoms. The number of hydrogen-bond donors (Lipinski definition) is 9. The van der Waals surface area contributed by atoms with Crippen LogP contribution in [0.15, 0.2) is 12.2 Å². The van der Waals surface area contributed by atoms with Crippen molar-refractivity contribution in [1.29, 1.82) is 0 Å². The second-order valence-electron chi connectivity index (χ2n) is 13.0. The first-order valence-corrected chi connectivity index (χ1v) is 17.9. The number of nitrogens with one attached hydrogen (secondary N) is 1. The third-order valence-electron chi connectivity index (χ3n) is 8.98. The summed E-state index contributed by atoms with van der Waals surface area (Å²) < 4.78 is 22.4. The summed E-state index contributed by atoms with van der Waals surface area (Å²) in [6.07, 6.45) is 0.635. The van der Waals surface area contributed by atoms with Crippen LogP contribution in [0.2, 0.25) is 0 Å². The highest BCUT2D eigenvalue weighted by molar-refractivity contribution is 5.76. The Kier molecular flexibility index (Phi) is 21.5. The lowest BCUT2D eigenvalue weighted by molar-refractivity contribution is -0.359. The van der Waals surface area contributed by atoms with E-state index >= 15 is 0 Å². The molecule has 0 aromatic rings. The molecule has 2 aliphatic rings. The second-order valence-corrected chi connectivity index (χ2v) is 13.0. The summed E-state index contributed by atoms with van der Waals surface area (Å²) >= 11 is 0. The zero-order chi connectivity index (χ0) is 35.5. The van der Waals surface area contributed by atoms with Crippen LogP contribution in [0.3, 0.4) is 0 Å². The summed E-state index contributed by atoms with van der Waals surface area (Å²) in [7, 11) is 0. The minimum atomic E-state index is -1.78. The van der Waals surface area contributed by atoms with Crippen LogP contribution in [0.25, 0.3) is 0 Å². The van der Waals surface area contributed by atoms with Gasteiger partial charge in [-0.3, -0.25) is 4.79 Å². The standard InChI is InChI=1S/C34H63NO13/c1-3-5-7-8-9-10-11-12-13-14-16-18-26(39)35-22(23(38)17-15-6-4-2)21-45-33-31(44)29(42)32(25(20-37)47-33)48-34-30(43)28(41)27(40)24(19-36)46-34/h8-9,22-25,27-34,36-38,40-44H,3-7,10-21H2,1-2H3,(H,35,39)/b9-8-. The minimum absolute atomic E-state index is 0.233. The van der Waals surface area contributed by atoms with E-state index in [4.69, 9.17) is 18.9 Å². The molecule has 0 aliphatic carbocycles. The smallest absolute Gasteiger partial charge is 0.220 e. The highest BCUT2D eigenvalue weighted by atomic mass is 16.7. The first-order chi connectivity index (χ1) is 23.1. The zero-order valence-corrected chi connectivity index (χ0v) is 28.7. The van der Waals surface area contributed by atoms with Crippen LogP contribution >= 0.6 is 0 Å². The maximum Gasteiger partial charge on any atom is 0.220 e. The van der Waals surface area contributed by atoms with Crippen molar-refractivity contribution in [2.75, 3.05) is 19.8 Å². The Labute approximate surface area is 285 Å². The quantitative estimate of drug-likeness (QED) is 0.0497. The largest absolute Gasteiger partial charge is 0.394 e. The van der Waals surface area contributed by atoms with Crippen LogP contribution in [-0.4, -0.2) is 140 Å². The monoisotopic (exact) mass is 693 g/mol. The molecule has 2 aliphatic heterocycles. The molecule has 0 saturated carbocycles. The highest BCUT2D eigenvalue weighted by Gasteiger charge is 2.50. The number of hydrogen-bond acceptors (Lipinski definition) is 13. The van der Waals surface area contributed by atoms with Crippen molar-refractivity contribution in [3.63, 3.8) is 0 Å². The topological polar surface area (TPSA) is 228 Å². The summed E-state index contributed by atoms with van der Waals surface area (Å²) in [5.74, 6) is -0.233. The predicted molar refractivity (Wildman–Crippen MR) is 175 cm³/mol. The van der Waals surface area contributed by atoms with Crippen LogP contribution < -0.4 is 5.32 Å². The van der Waals surface area contributed by atoms with Crippen molar-refractivity contribution in [1.82, 2.24) is 5.32 Å². The molecule has 2 rings (SSSR count). The number of aliphatic hydroxyl groups is 8. The average Bonchev–Trinajstić information content (AvgIpc) is 3.08. The van der Waals surface area contributed by atoms with Gasteiger partial charge in [0.2, 0.25) is 5.91 Å². The fraction of sp³-hybridized carbons (Fsp3) is 0.912. The molecule has 14 heteroatoms. The lowest BCUT2D eigenvalue weighted by Gasteiger charge is -2.46. The van der Waals surface area contributed by atoms with E-state index in [9.17, 15) is 45.6 Å². The van der Waals surface area contributed by atoms with Gasteiger partial charge in [-0.15, -0.1) is 0 Å². The molecule has 0 bridgehead atoms. The Morgan fingerprint density at radius 1 is 0.729 bits per heavy atom. The van der Waals surface area contributed by atoms with Crippen molar-refractivity contribution in [3.8, 4) is 0 Å².